The minimum Gasteiger partial charge on any atom is -0.449 e. The summed E-state index contributed by atoms with van der Waals surface area (Å²) in [6.07, 6.45) is 3.16. The molecule has 0 saturated carbocycles. The van der Waals surface area contributed by atoms with E-state index in [4.69, 9.17) is 0 Å². The molecule has 1 heterocycles. The summed E-state index contributed by atoms with van der Waals surface area (Å²) in [7, 11) is 0. The van der Waals surface area contributed by atoms with E-state index in [2.05, 4.69) is 14.7 Å². The van der Waals surface area contributed by atoms with Crippen LogP contribution >= 0.6 is 0 Å². The van der Waals surface area contributed by atoms with Gasteiger partial charge in [0.1, 0.15) is 0 Å². The second kappa shape index (κ2) is 3.55. The van der Waals surface area contributed by atoms with E-state index in [1.165, 1.54) is 6.47 Å². The second-order valence-corrected chi connectivity index (χ2v) is 1.54. The molecule has 0 spiro atoms. The van der Waals surface area contributed by atoms with E-state index in [0.29, 0.717) is 5.82 Å². The third kappa shape index (κ3) is 1.81. The van der Waals surface area contributed by atoms with Crippen LogP contribution < -0.4 is 0 Å². The first-order valence-corrected chi connectivity index (χ1v) is 2.68. The highest BCUT2D eigenvalue weighted by molar-refractivity contribution is 5.38. The van der Waals surface area contributed by atoms with Gasteiger partial charge in [-0.3, -0.25) is 0 Å². The maximum Gasteiger partial charge on any atom is 0.417 e. The Kier molecular flexibility index (Phi) is 2.37. The molecule has 4 nitrogen and oxygen atoms in total. The highest BCUT2D eigenvalue weighted by Crippen LogP contribution is 1.87. The highest BCUT2D eigenvalue weighted by atomic mass is 16.5. The third-order valence-corrected chi connectivity index (χ3v) is 0.879. The van der Waals surface area contributed by atoms with Gasteiger partial charge in [0.2, 0.25) is 0 Å². The van der Waals surface area contributed by atoms with Crippen LogP contribution in [0.2, 0.25) is 0 Å². The molecule has 0 aliphatic rings. The van der Waals surface area contributed by atoms with Crippen molar-refractivity contribution in [2.75, 3.05) is 0 Å². The van der Waals surface area contributed by atoms with Crippen LogP contribution in [0.4, 0.5) is 0 Å². The van der Waals surface area contributed by atoms with Crippen LogP contribution in [0.5, 0.6) is 0 Å². The van der Waals surface area contributed by atoms with E-state index in [0.717, 1.165) is 0 Å². The fourth-order valence-corrected chi connectivity index (χ4v) is 0.499. The Labute approximate surface area is 57.9 Å². The molecule has 0 atom stereocenters. The SMILES string of the molecule is O=[C]OCc1ncccn1. The van der Waals surface area contributed by atoms with Gasteiger partial charge in [-0.15, -0.1) is 0 Å². The number of hydrogen-bond acceptors (Lipinski definition) is 4. The lowest BCUT2D eigenvalue weighted by atomic mass is 10.6. The first kappa shape index (κ1) is 6.67. The second-order valence-electron chi connectivity index (χ2n) is 1.54. The molecular formula is C6H5N2O2. The summed E-state index contributed by atoms with van der Waals surface area (Å²) >= 11 is 0. The zero-order chi connectivity index (χ0) is 7.23. The Hall–Kier alpha value is -1.45. The smallest absolute Gasteiger partial charge is 0.417 e. The van der Waals surface area contributed by atoms with Crippen LogP contribution in [-0.2, 0) is 16.1 Å². The molecule has 0 saturated heterocycles. The van der Waals surface area contributed by atoms with E-state index >= 15 is 0 Å². The molecule has 1 radical (unpaired) electrons. The normalized spacial score (nSPS) is 8.80. The number of aromatic nitrogens is 2. The van der Waals surface area contributed by atoms with Gasteiger partial charge in [0.15, 0.2) is 12.4 Å². The van der Waals surface area contributed by atoms with Crippen molar-refractivity contribution >= 4 is 6.47 Å². The lowest BCUT2D eigenvalue weighted by Crippen LogP contribution is -1.95. The van der Waals surface area contributed by atoms with Crippen LogP contribution in [0.1, 0.15) is 5.82 Å². The van der Waals surface area contributed by atoms with Gasteiger partial charge >= 0.3 is 6.47 Å². The molecule has 0 unspecified atom stereocenters. The fraction of sp³-hybridized carbons (Fsp3) is 0.167. The maximum absolute atomic E-state index is 9.58. The number of ether oxygens (including phenoxy) is 1. The topological polar surface area (TPSA) is 52.1 Å². The van der Waals surface area contributed by atoms with Crippen molar-refractivity contribution in [1.82, 2.24) is 9.97 Å². The Morgan fingerprint density at radius 3 is 2.80 bits per heavy atom. The summed E-state index contributed by atoms with van der Waals surface area (Å²) in [5.41, 5.74) is 0. The predicted molar refractivity (Wildman–Crippen MR) is 32.5 cm³/mol. The largest absolute Gasteiger partial charge is 0.449 e. The Morgan fingerprint density at radius 1 is 1.50 bits per heavy atom. The van der Waals surface area contributed by atoms with Gasteiger partial charge in [-0.1, -0.05) is 0 Å². The summed E-state index contributed by atoms with van der Waals surface area (Å²) < 4.78 is 4.29. The van der Waals surface area contributed by atoms with Gasteiger partial charge in [0.25, 0.3) is 0 Å². The predicted octanol–water partition coefficient (Wildman–Crippen LogP) is 0.0604. The molecular weight excluding hydrogens is 132 g/mol. The molecule has 1 rings (SSSR count). The highest BCUT2D eigenvalue weighted by Gasteiger charge is 1.91. The molecule has 4 heteroatoms. The summed E-state index contributed by atoms with van der Waals surface area (Å²) in [6.45, 7) is 1.37. The van der Waals surface area contributed by atoms with E-state index < -0.39 is 0 Å². The van der Waals surface area contributed by atoms with Gasteiger partial charge in [-0.05, 0) is 6.07 Å². The van der Waals surface area contributed by atoms with Gasteiger partial charge < -0.3 is 4.74 Å². The van der Waals surface area contributed by atoms with Crippen molar-refractivity contribution in [1.29, 1.82) is 0 Å². The zero-order valence-corrected chi connectivity index (χ0v) is 5.15. The Balaban J connectivity index is 2.50. The van der Waals surface area contributed by atoms with Gasteiger partial charge in [0, 0.05) is 12.4 Å². The summed E-state index contributed by atoms with van der Waals surface area (Å²) in [6, 6.07) is 1.69. The summed E-state index contributed by atoms with van der Waals surface area (Å²) in [4.78, 5) is 17.2. The van der Waals surface area contributed by atoms with Crippen molar-refractivity contribution in [3.05, 3.63) is 24.3 Å². The number of nitrogens with zero attached hydrogens (tertiary/aromatic N) is 2. The lowest BCUT2D eigenvalue weighted by molar-refractivity contribution is 0.258. The van der Waals surface area contributed by atoms with Crippen LogP contribution in [0.3, 0.4) is 0 Å². The molecule has 0 N–H and O–H groups in total. The molecule has 0 amide bonds. The zero-order valence-electron chi connectivity index (χ0n) is 5.15. The first-order valence-electron chi connectivity index (χ1n) is 2.68. The average Bonchev–Trinajstić information content (AvgIpc) is 2.03. The van der Waals surface area contributed by atoms with E-state index in [9.17, 15) is 4.79 Å². The van der Waals surface area contributed by atoms with E-state index in [1.807, 2.05) is 0 Å². The van der Waals surface area contributed by atoms with Gasteiger partial charge in [-0.2, -0.15) is 0 Å². The lowest BCUT2D eigenvalue weighted by Gasteiger charge is -1.92. The van der Waals surface area contributed by atoms with Crippen molar-refractivity contribution in [2.45, 2.75) is 6.61 Å². The monoisotopic (exact) mass is 137 g/mol. The van der Waals surface area contributed by atoms with Crippen LogP contribution in [0.25, 0.3) is 0 Å². The van der Waals surface area contributed by atoms with E-state index in [-0.39, 0.29) is 6.61 Å². The summed E-state index contributed by atoms with van der Waals surface area (Å²) in [5.74, 6) is 0.478. The Bertz CT molecular complexity index is 200. The standard InChI is InChI=1S/C6H5N2O2/c9-5-10-4-6-7-2-1-3-8-6/h1-3H,4H2. The van der Waals surface area contributed by atoms with Crippen molar-refractivity contribution in [3.8, 4) is 0 Å². The van der Waals surface area contributed by atoms with Crippen LogP contribution in [0, 0.1) is 0 Å². The minimum absolute atomic E-state index is 0.0876. The first-order chi connectivity index (χ1) is 4.93. The molecule has 0 aromatic carbocycles. The molecule has 51 valence electrons. The number of carbonyl (C=O) groups excluding carboxylic acids is 1. The van der Waals surface area contributed by atoms with Crippen molar-refractivity contribution < 1.29 is 9.53 Å². The number of hydrogen-bond donors (Lipinski definition) is 0. The average molecular weight is 137 g/mol. The van der Waals surface area contributed by atoms with Crippen molar-refractivity contribution in [3.63, 3.8) is 0 Å². The third-order valence-electron chi connectivity index (χ3n) is 0.879. The minimum atomic E-state index is 0.0876. The Morgan fingerprint density at radius 2 is 2.20 bits per heavy atom. The fourth-order valence-electron chi connectivity index (χ4n) is 0.499. The molecule has 0 aliphatic heterocycles. The molecule has 1 aromatic heterocycles. The molecule has 0 fully saturated rings. The van der Waals surface area contributed by atoms with Crippen molar-refractivity contribution in [2.24, 2.45) is 0 Å². The quantitative estimate of drug-likeness (QED) is 0.591. The van der Waals surface area contributed by atoms with Gasteiger partial charge in [-0.25, -0.2) is 14.8 Å². The number of rotatable bonds is 3. The molecule has 1 aromatic rings. The maximum atomic E-state index is 9.58. The molecule has 10 heavy (non-hydrogen) atoms. The van der Waals surface area contributed by atoms with Crippen LogP contribution in [-0.4, -0.2) is 16.4 Å². The van der Waals surface area contributed by atoms with Crippen LogP contribution in [0.15, 0.2) is 18.5 Å². The summed E-state index contributed by atoms with van der Waals surface area (Å²) in [5, 5.41) is 0. The molecule has 0 aliphatic carbocycles. The van der Waals surface area contributed by atoms with E-state index in [1.54, 1.807) is 18.5 Å². The molecule has 0 bridgehead atoms. The van der Waals surface area contributed by atoms with Gasteiger partial charge in [0.05, 0.1) is 0 Å².